The van der Waals surface area contributed by atoms with Crippen LogP contribution >= 0.6 is 0 Å². The summed E-state index contributed by atoms with van der Waals surface area (Å²) in [6, 6.07) is 13.0. The van der Waals surface area contributed by atoms with E-state index >= 15 is 0 Å². The van der Waals surface area contributed by atoms with Gasteiger partial charge in [-0.1, -0.05) is 30.3 Å². The number of rotatable bonds is 6. The van der Waals surface area contributed by atoms with Crippen LogP contribution in [0.5, 0.6) is 5.75 Å². The molecule has 5 nitrogen and oxygen atoms in total. The Bertz CT molecular complexity index is 818. The second-order valence-electron chi connectivity index (χ2n) is 6.60. The van der Waals surface area contributed by atoms with Crippen LogP contribution in [0.4, 0.5) is 5.69 Å². The van der Waals surface area contributed by atoms with E-state index in [4.69, 9.17) is 4.74 Å². The number of para-hydroxylation sites is 1. The lowest BCUT2D eigenvalue weighted by molar-refractivity contribution is -0.126. The van der Waals surface area contributed by atoms with Crippen LogP contribution in [0.2, 0.25) is 0 Å². The van der Waals surface area contributed by atoms with Gasteiger partial charge in [0, 0.05) is 19.0 Å². The van der Waals surface area contributed by atoms with Gasteiger partial charge in [-0.2, -0.15) is 0 Å². The molecule has 2 aromatic carbocycles. The molecule has 0 spiro atoms. The van der Waals surface area contributed by atoms with Gasteiger partial charge in [-0.05, 0) is 43.5 Å². The highest BCUT2D eigenvalue weighted by molar-refractivity contribution is 6.07. The van der Waals surface area contributed by atoms with Crippen LogP contribution in [-0.4, -0.2) is 25.0 Å². The van der Waals surface area contributed by atoms with Crippen LogP contribution in [0.1, 0.15) is 36.1 Å². The molecule has 0 saturated heterocycles. The molecule has 1 aliphatic rings. The first-order valence-electron chi connectivity index (χ1n) is 8.85. The Morgan fingerprint density at radius 2 is 1.81 bits per heavy atom. The van der Waals surface area contributed by atoms with Crippen LogP contribution < -0.4 is 15.0 Å². The summed E-state index contributed by atoms with van der Waals surface area (Å²) >= 11 is 0. The zero-order valence-electron chi connectivity index (χ0n) is 15.4. The van der Waals surface area contributed by atoms with E-state index in [2.05, 4.69) is 5.32 Å². The minimum atomic E-state index is -0.600. The van der Waals surface area contributed by atoms with Gasteiger partial charge in [-0.25, -0.2) is 0 Å². The molecular formula is C21H24N2O3. The van der Waals surface area contributed by atoms with E-state index in [1.165, 1.54) is 6.92 Å². The zero-order chi connectivity index (χ0) is 18.7. The SMILES string of the molecule is CC(=O)NC1C(=O)N(CCCOc2ccccc2)c2c(C)ccc(C)c21. The second-order valence-corrected chi connectivity index (χ2v) is 6.60. The molecule has 1 heterocycles. The summed E-state index contributed by atoms with van der Waals surface area (Å²) in [5, 5.41) is 2.80. The molecule has 0 aromatic heterocycles. The largest absolute Gasteiger partial charge is 0.494 e. The summed E-state index contributed by atoms with van der Waals surface area (Å²) in [5.41, 5.74) is 3.89. The van der Waals surface area contributed by atoms with Crippen molar-refractivity contribution < 1.29 is 14.3 Å². The highest BCUT2D eigenvalue weighted by Gasteiger charge is 2.39. The molecular weight excluding hydrogens is 328 g/mol. The van der Waals surface area contributed by atoms with Gasteiger partial charge in [0.2, 0.25) is 5.91 Å². The van der Waals surface area contributed by atoms with Crippen LogP contribution in [-0.2, 0) is 9.59 Å². The summed E-state index contributed by atoms with van der Waals surface area (Å²) in [6.45, 7) is 6.49. The molecule has 2 aromatic rings. The van der Waals surface area contributed by atoms with Crippen molar-refractivity contribution in [2.75, 3.05) is 18.1 Å². The number of anilines is 1. The zero-order valence-corrected chi connectivity index (χ0v) is 15.4. The van der Waals surface area contributed by atoms with Crippen molar-refractivity contribution in [3.05, 3.63) is 59.2 Å². The van der Waals surface area contributed by atoms with E-state index in [0.717, 1.165) is 28.1 Å². The van der Waals surface area contributed by atoms with Crippen molar-refractivity contribution in [3.63, 3.8) is 0 Å². The molecule has 1 atom stereocenters. The highest BCUT2D eigenvalue weighted by Crippen LogP contribution is 2.40. The van der Waals surface area contributed by atoms with Crippen LogP contribution in [0.15, 0.2) is 42.5 Å². The molecule has 3 rings (SSSR count). The number of carbonyl (C=O) groups is 2. The number of nitrogens with one attached hydrogen (secondary N) is 1. The third-order valence-corrected chi connectivity index (χ3v) is 4.59. The fourth-order valence-electron chi connectivity index (χ4n) is 3.42. The third-order valence-electron chi connectivity index (χ3n) is 4.59. The molecule has 0 fully saturated rings. The van der Waals surface area contributed by atoms with Crippen molar-refractivity contribution >= 4 is 17.5 Å². The fourth-order valence-corrected chi connectivity index (χ4v) is 3.42. The van der Waals surface area contributed by atoms with Gasteiger partial charge >= 0.3 is 0 Å². The molecule has 0 saturated carbocycles. The van der Waals surface area contributed by atoms with Crippen LogP contribution in [0, 0.1) is 13.8 Å². The summed E-state index contributed by atoms with van der Waals surface area (Å²) in [6.07, 6.45) is 0.709. The Kier molecular flexibility index (Phi) is 5.26. The van der Waals surface area contributed by atoms with Gasteiger partial charge in [0.1, 0.15) is 11.8 Å². The monoisotopic (exact) mass is 352 g/mol. The van der Waals surface area contributed by atoms with E-state index in [9.17, 15) is 9.59 Å². The molecule has 136 valence electrons. The van der Waals surface area contributed by atoms with E-state index in [1.807, 2.05) is 56.3 Å². The number of hydrogen-bond donors (Lipinski definition) is 1. The van der Waals surface area contributed by atoms with Gasteiger partial charge in [0.25, 0.3) is 5.91 Å². The van der Waals surface area contributed by atoms with Crippen LogP contribution in [0.25, 0.3) is 0 Å². The molecule has 1 aliphatic heterocycles. The summed E-state index contributed by atoms with van der Waals surface area (Å²) in [5.74, 6) is 0.542. The molecule has 0 bridgehead atoms. The number of fused-ring (bicyclic) bond motifs is 1. The molecule has 5 heteroatoms. The Hall–Kier alpha value is -2.82. The lowest BCUT2D eigenvalue weighted by atomic mass is 9.99. The first-order valence-corrected chi connectivity index (χ1v) is 8.85. The molecule has 1 unspecified atom stereocenters. The lowest BCUT2D eigenvalue weighted by Gasteiger charge is -2.20. The molecule has 26 heavy (non-hydrogen) atoms. The van der Waals surface area contributed by atoms with Crippen molar-refractivity contribution in [1.82, 2.24) is 5.32 Å². The number of benzene rings is 2. The van der Waals surface area contributed by atoms with Crippen molar-refractivity contribution in [3.8, 4) is 5.75 Å². The fraction of sp³-hybridized carbons (Fsp3) is 0.333. The Morgan fingerprint density at radius 3 is 2.50 bits per heavy atom. The smallest absolute Gasteiger partial charge is 0.254 e. The average molecular weight is 352 g/mol. The molecule has 0 aliphatic carbocycles. The quantitative estimate of drug-likeness (QED) is 0.812. The van der Waals surface area contributed by atoms with Gasteiger partial charge in [0.15, 0.2) is 0 Å². The van der Waals surface area contributed by atoms with Crippen molar-refractivity contribution in [2.24, 2.45) is 0 Å². The Labute approximate surface area is 154 Å². The average Bonchev–Trinajstić information content (AvgIpc) is 2.89. The topological polar surface area (TPSA) is 58.6 Å². The summed E-state index contributed by atoms with van der Waals surface area (Å²) in [7, 11) is 0. The normalized spacial score (nSPS) is 15.7. The first-order chi connectivity index (χ1) is 12.5. The van der Waals surface area contributed by atoms with Gasteiger partial charge in [-0.15, -0.1) is 0 Å². The number of nitrogens with zero attached hydrogens (tertiary/aromatic N) is 1. The Morgan fingerprint density at radius 1 is 1.12 bits per heavy atom. The number of ether oxygens (including phenoxy) is 1. The maximum atomic E-state index is 12.9. The molecule has 2 amide bonds. The van der Waals surface area contributed by atoms with Crippen LogP contribution in [0.3, 0.4) is 0 Å². The maximum Gasteiger partial charge on any atom is 0.254 e. The predicted molar refractivity (Wildman–Crippen MR) is 101 cm³/mol. The molecule has 0 radical (unpaired) electrons. The minimum absolute atomic E-state index is 0.0766. The lowest BCUT2D eigenvalue weighted by Crippen LogP contribution is -2.37. The number of hydrogen-bond acceptors (Lipinski definition) is 3. The van der Waals surface area contributed by atoms with E-state index < -0.39 is 6.04 Å². The van der Waals surface area contributed by atoms with Crippen molar-refractivity contribution in [2.45, 2.75) is 33.2 Å². The molecule has 1 N–H and O–H groups in total. The summed E-state index contributed by atoms with van der Waals surface area (Å²) < 4.78 is 5.73. The van der Waals surface area contributed by atoms with E-state index in [1.54, 1.807) is 4.90 Å². The van der Waals surface area contributed by atoms with Gasteiger partial charge in [-0.3, -0.25) is 9.59 Å². The minimum Gasteiger partial charge on any atom is -0.494 e. The van der Waals surface area contributed by atoms with E-state index in [-0.39, 0.29) is 11.8 Å². The summed E-state index contributed by atoms with van der Waals surface area (Å²) in [4.78, 5) is 26.3. The highest BCUT2D eigenvalue weighted by atomic mass is 16.5. The first kappa shape index (κ1) is 18.0. The van der Waals surface area contributed by atoms with Gasteiger partial charge < -0.3 is 15.0 Å². The van der Waals surface area contributed by atoms with Crippen molar-refractivity contribution in [1.29, 1.82) is 0 Å². The van der Waals surface area contributed by atoms with E-state index in [0.29, 0.717) is 19.6 Å². The number of carbonyl (C=O) groups excluding carboxylic acids is 2. The number of amides is 2. The van der Waals surface area contributed by atoms with Gasteiger partial charge in [0.05, 0.1) is 12.3 Å². The Balaban J connectivity index is 1.74. The predicted octanol–water partition coefficient (Wildman–Crippen LogP) is 3.30. The maximum absolute atomic E-state index is 12.9. The second kappa shape index (κ2) is 7.60. The standard InChI is InChI=1S/C21H24N2O3/c1-14-10-11-15(2)20-18(14)19(22-16(3)24)21(25)23(20)12-7-13-26-17-8-5-4-6-9-17/h4-6,8-11,19H,7,12-13H2,1-3H3,(H,22,24). The third kappa shape index (κ3) is 3.57. The number of aryl methyl sites for hydroxylation is 2.